The highest BCUT2D eigenvalue weighted by Gasteiger charge is 2.16. The molecule has 1 amide bonds. The minimum Gasteiger partial charge on any atom is -0.398 e. The number of halogens is 1. The molecule has 0 fully saturated rings. The average Bonchev–Trinajstić information content (AvgIpc) is 2.43. The molecule has 0 aliphatic carbocycles. The molecule has 2 rings (SSSR count). The number of rotatable bonds is 4. The number of nitrogen functional groups attached to an aromatic ring is 1. The summed E-state index contributed by atoms with van der Waals surface area (Å²) in [6.45, 7) is 1.84. The molecular weight excluding hydrogens is 292 g/mol. The first-order valence-electron chi connectivity index (χ1n) is 6.14. The number of carbonyl (C=O) groups is 1. The zero-order valence-corrected chi connectivity index (χ0v) is 12.5. The monoisotopic (exact) mass is 306 g/mol. The van der Waals surface area contributed by atoms with Crippen LogP contribution in [0, 0.1) is 0 Å². The largest absolute Gasteiger partial charge is 0.398 e. The number of para-hydroxylation sites is 2. The van der Waals surface area contributed by atoms with Crippen LogP contribution in [0.25, 0.3) is 0 Å². The van der Waals surface area contributed by atoms with Gasteiger partial charge in [0, 0.05) is 10.6 Å². The zero-order valence-electron chi connectivity index (χ0n) is 11.0. The maximum atomic E-state index is 12.1. The van der Waals surface area contributed by atoms with E-state index in [1.807, 2.05) is 43.3 Å². The number of anilines is 2. The van der Waals surface area contributed by atoms with Crippen molar-refractivity contribution in [3.05, 3.63) is 53.6 Å². The molecule has 5 heteroatoms. The summed E-state index contributed by atoms with van der Waals surface area (Å²) in [4.78, 5) is 13.0. The molecule has 0 aromatic heterocycles. The van der Waals surface area contributed by atoms with Crippen LogP contribution in [0.3, 0.4) is 0 Å². The second kappa shape index (κ2) is 6.68. The van der Waals surface area contributed by atoms with E-state index in [4.69, 9.17) is 17.3 Å². The summed E-state index contributed by atoms with van der Waals surface area (Å²) in [5.74, 6) is -0.105. The van der Waals surface area contributed by atoms with Crippen LogP contribution in [0.1, 0.15) is 6.92 Å². The fourth-order valence-electron chi connectivity index (χ4n) is 1.63. The third kappa shape index (κ3) is 3.68. The summed E-state index contributed by atoms with van der Waals surface area (Å²) < 4.78 is 0. The Morgan fingerprint density at radius 1 is 1.20 bits per heavy atom. The smallest absolute Gasteiger partial charge is 0.237 e. The summed E-state index contributed by atoms with van der Waals surface area (Å²) in [6, 6.07) is 14.7. The van der Waals surface area contributed by atoms with Crippen LogP contribution >= 0.6 is 23.4 Å². The number of benzene rings is 2. The van der Waals surface area contributed by atoms with Gasteiger partial charge < -0.3 is 11.1 Å². The molecular formula is C15H15ClN2OS. The van der Waals surface area contributed by atoms with Gasteiger partial charge in [0.15, 0.2) is 0 Å². The summed E-state index contributed by atoms with van der Waals surface area (Å²) in [6.07, 6.45) is 0. The van der Waals surface area contributed by atoms with Crippen LogP contribution in [0.2, 0.25) is 5.02 Å². The Bertz CT molecular complexity index is 618. The molecule has 1 unspecified atom stereocenters. The maximum absolute atomic E-state index is 12.1. The number of carbonyl (C=O) groups excluding carboxylic acids is 1. The van der Waals surface area contributed by atoms with Crippen molar-refractivity contribution in [1.82, 2.24) is 0 Å². The van der Waals surface area contributed by atoms with Crippen molar-refractivity contribution in [2.45, 2.75) is 17.1 Å². The molecule has 0 spiro atoms. The fourth-order valence-corrected chi connectivity index (χ4v) is 2.72. The highest BCUT2D eigenvalue weighted by atomic mass is 35.5. The second-order valence-electron chi connectivity index (χ2n) is 4.27. The number of nitrogens with two attached hydrogens (primary N) is 1. The van der Waals surface area contributed by atoms with E-state index in [9.17, 15) is 4.79 Å². The van der Waals surface area contributed by atoms with Gasteiger partial charge >= 0.3 is 0 Å². The average molecular weight is 307 g/mol. The predicted octanol–water partition coefficient (Wildman–Crippen LogP) is 4.04. The fraction of sp³-hybridized carbons (Fsp3) is 0.133. The number of hydrogen-bond donors (Lipinski definition) is 2. The van der Waals surface area contributed by atoms with Gasteiger partial charge in [-0.05, 0) is 31.2 Å². The molecule has 0 saturated heterocycles. The van der Waals surface area contributed by atoms with Gasteiger partial charge in [0.2, 0.25) is 5.91 Å². The molecule has 0 aliphatic heterocycles. The lowest BCUT2D eigenvalue weighted by atomic mass is 10.3. The van der Waals surface area contributed by atoms with Crippen LogP contribution in [0.15, 0.2) is 53.4 Å². The SMILES string of the molecule is CC(Sc1ccccc1N)C(=O)Nc1ccccc1Cl. The molecule has 0 bridgehead atoms. The van der Waals surface area contributed by atoms with Crippen molar-refractivity contribution in [1.29, 1.82) is 0 Å². The van der Waals surface area contributed by atoms with Crippen molar-refractivity contribution in [3.63, 3.8) is 0 Å². The van der Waals surface area contributed by atoms with Crippen LogP contribution < -0.4 is 11.1 Å². The highest BCUT2D eigenvalue weighted by Crippen LogP contribution is 2.29. The van der Waals surface area contributed by atoms with Gasteiger partial charge in [-0.3, -0.25) is 4.79 Å². The Hall–Kier alpha value is -1.65. The van der Waals surface area contributed by atoms with E-state index in [1.54, 1.807) is 12.1 Å². The summed E-state index contributed by atoms with van der Waals surface area (Å²) in [7, 11) is 0. The molecule has 1 atom stereocenters. The van der Waals surface area contributed by atoms with E-state index in [2.05, 4.69) is 5.32 Å². The van der Waals surface area contributed by atoms with Crippen molar-refractivity contribution < 1.29 is 4.79 Å². The van der Waals surface area contributed by atoms with E-state index in [0.29, 0.717) is 16.4 Å². The topological polar surface area (TPSA) is 55.1 Å². The lowest BCUT2D eigenvalue weighted by molar-refractivity contribution is -0.115. The van der Waals surface area contributed by atoms with E-state index < -0.39 is 0 Å². The minimum absolute atomic E-state index is 0.105. The zero-order chi connectivity index (χ0) is 14.5. The van der Waals surface area contributed by atoms with E-state index in [0.717, 1.165) is 4.90 Å². The third-order valence-corrected chi connectivity index (χ3v) is 4.25. The number of nitrogens with one attached hydrogen (secondary N) is 1. The number of thioether (sulfide) groups is 1. The van der Waals surface area contributed by atoms with Gasteiger partial charge in [0.1, 0.15) is 0 Å². The summed E-state index contributed by atoms with van der Waals surface area (Å²) in [5.41, 5.74) is 7.17. The van der Waals surface area contributed by atoms with Crippen LogP contribution in [0.5, 0.6) is 0 Å². The van der Waals surface area contributed by atoms with Gasteiger partial charge in [-0.15, -0.1) is 11.8 Å². The Morgan fingerprint density at radius 3 is 2.55 bits per heavy atom. The van der Waals surface area contributed by atoms with Gasteiger partial charge in [-0.25, -0.2) is 0 Å². The molecule has 0 radical (unpaired) electrons. The van der Waals surface area contributed by atoms with Gasteiger partial charge in [-0.1, -0.05) is 35.9 Å². The molecule has 20 heavy (non-hydrogen) atoms. The van der Waals surface area contributed by atoms with Crippen LogP contribution in [0.4, 0.5) is 11.4 Å². The normalized spacial score (nSPS) is 11.9. The summed E-state index contributed by atoms with van der Waals surface area (Å²) in [5, 5.41) is 3.07. The molecule has 0 heterocycles. The Labute approximate surface area is 127 Å². The van der Waals surface area contributed by atoms with Gasteiger partial charge in [0.25, 0.3) is 0 Å². The number of amides is 1. The molecule has 3 nitrogen and oxygen atoms in total. The minimum atomic E-state index is -0.268. The molecule has 104 valence electrons. The van der Waals surface area contributed by atoms with Gasteiger partial charge in [-0.2, -0.15) is 0 Å². The standard InChI is InChI=1S/C15H15ClN2OS/c1-10(20-14-9-5-3-7-12(14)17)15(19)18-13-8-4-2-6-11(13)16/h2-10H,17H2,1H3,(H,18,19). The van der Waals surface area contributed by atoms with Crippen molar-refractivity contribution in [2.75, 3.05) is 11.1 Å². The lowest BCUT2D eigenvalue weighted by Crippen LogP contribution is -2.22. The third-order valence-electron chi connectivity index (χ3n) is 2.72. The van der Waals surface area contributed by atoms with Crippen molar-refractivity contribution >= 4 is 40.6 Å². The van der Waals surface area contributed by atoms with E-state index in [1.165, 1.54) is 11.8 Å². The Morgan fingerprint density at radius 2 is 1.85 bits per heavy atom. The van der Waals surface area contributed by atoms with Gasteiger partial charge in [0.05, 0.1) is 16.0 Å². The van der Waals surface area contributed by atoms with Crippen molar-refractivity contribution in [3.8, 4) is 0 Å². The first-order chi connectivity index (χ1) is 9.58. The highest BCUT2D eigenvalue weighted by molar-refractivity contribution is 8.00. The van der Waals surface area contributed by atoms with Crippen LogP contribution in [-0.4, -0.2) is 11.2 Å². The lowest BCUT2D eigenvalue weighted by Gasteiger charge is -2.13. The van der Waals surface area contributed by atoms with E-state index >= 15 is 0 Å². The van der Waals surface area contributed by atoms with Crippen molar-refractivity contribution in [2.24, 2.45) is 0 Å². The second-order valence-corrected chi connectivity index (χ2v) is 6.06. The quantitative estimate of drug-likeness (QED) is 0.662. The maximum Gasteiger partial charge on any atom is 0.237 e. The molecule has 0 saturated carbocycles. The summed E-state index contributed by atoms with van der Waals surface area (Å²) >= 11 is 7.44. The van der Waals surface area contributed by atoms with Crippen LogP contribution in [-0.2, 0) is 4.79 Å². The first kappa shape index (κ1) is 14.8. The predicted molar refractivity (Wildman–Crippen MR) is 86.3 cm³/mol. The first-order valence-corrected chi connectivity index (χ1v) is 7.40. The molecule has 0 aliphatic rings. The molecule has 2 aromatic carbocycles. The Kier molecular flexibility index (Phi) is 4.93. The molecule has 3 N–H and O–H groups in total. The number of hydrogen-bond acceptors (Lipinski definition) is 3. The van der Waals surface area contributed by atoms with E-state index in [-0.39, 0.29) is 11.2 Å². The molecule has 2 aromatic rings. The Balaban J connectivity index is 2.03.